The molecular weight excluding hydrogens is 455 g/mol. The number of benzene rings is 2. The largest absolute Gasteiger partial charge is 0.416 e. The number of halogens is 3. The summed E-state index contributed by atoms with van der Waals surface area (Å²) in [6.45, 7) is 3.91. The van der Waals surface area contributed by atoms with Crippen LogP contribution in [0.2, 0.25) is 0 Å². The van der Waals surface area contributed by atoms with Crippen LogP contribution in [0.1, 0.15) is 21.5 Å². The van der Waals surface area contributed by atoms with Crippen LogP contribution in [0.25, 0.3) is 0 Å². The van der Waals surface area contributed by atoms with Crippen LogP contribution < -0.4 is 15.1 Å². The van der Waals surface area contributed by atoms with Gasteiger partial charge in [-0.3, -0.25) is 19.8 Å². The number of carbonyl (C=O) groups is 2. The minimum atomic E-state index is -4.68. The van der Waals surface area contributed by atoms with Crippen molar-refractivity contribution in [2.24, 2.45) is 0 Å². The smallest absolute Gasteiger partial charge is 0.362 e. The van der Waals surface area contributed by atoms with Gasteiger partial charge in [0.2, 0.25) is 0 Å². The highest BCUT2D eigenvalue weighted by atomic mass is 19.4. The first-order chi connectivity index (χ1) is 16.1. The van der Waals surface area contributed by atoms with E-state index in [9.17, 15) is 32.9 Å². The fraction of sp³-hybridized carbons (Fsp3) is 0.364. The summed E-state index contributed by atoms with van der Waals surface area (Å²) >= 11 is 0. The average molecular weight is 477 g/mol. The van der Waals surface area contributed by atoms with E-state index >= 15 is 0 Å². The molecule has 2 fully saturated rings. The predicted octanol–water partition coefficient (Wildman–Crippen LogP) is 3.41. The standard InChI is InChI=1S/C22H22F3N5O4/c1-14-12-15(2-4-17(14)29-7-6-26-21(29)32)20(31)28-10-8-27(9-11-28)18-5-3-16(22(23,24)25)13-19(18)30(33)34/h2-5,12-13H,6-11H2,1H3,(H,26,32). The molecule has 180 valence electrons. The van der Waals surface area contributed by atoms with Crippen molar-refractivity contribution in [3.8, 4) is 0 Å². The Kier molecular flexibility index (Phi) is 6.07. The van der Waals surface area contributed by atoms with Crippen molar-refractivity contribution in [1.29, 1.82) is 0 Å². The molecule has 0 atom stereocenters. The number of urea groups is 1. The third kappa shape index (κ3) is 4.47. The number of nitro groups is 1. The van der Waals surface area contributed by atoms with Crippen LogP contribution in [0.4, 0.5) is 35.0 Å². The van der Waals surface area contributed by atoms with E-state index in [0.717, 1.165) is 23.4 Å². The van der Waals surface area contributed by atoms with E-state index in [1.165, 1.54) is 0 Å². The summed E-state index contributed by atoms with van der Waals surface area (Å²) in [6.07, 6.45) is -4.68. The molecule has 0 radical (unpaired) electrons. The second-order valence-corrected chi connectivity index (χ2v) is 8.12. The predicted molar refractivity (Wildman–Crippen MR) is 118 cm³/mol. The van der Waals surface area contributed by atoms with Gasteiger partial charge in [-0.1, -0.05) is 0 Å². The van der Waals surface area contributed by atoms with E-state index in [-0.39, 0.29) is 43.8 Å². The SMILES string of the molecule is Cc1cc(C(=O)N2CCN(c3ccc(C(F)(F)F)cc3[N+](=O)[O-])CC2)ccc1N1CCNC1=O. The van der Waals surface area contributed by atoms with E-state index in [4.69, 9.17) is 0 Å². The molecule has 9 nitrogen and oxygen atoms in total. The minimum absolute atomic E-state index is 0.0918. The first-order valence-corrected chi connectivity index (χ1v) is 10.6. The number of rotatable bonds is 4. The number of hydrogen-bond donors (Lipinski definition) is 1. The van der Waals surface area contributed by atoms with Crippen LogP contribution in [0.5, 0.6) is 0 Å². The van der Waals surface area contributed by atoms with Gasteiger partial charge in [-0.15, -0.1) is 0 Å². The number of nitrogens with zero attached hydrogens (tertiary/aromatic N) is 4. The first kappa shape index (κ1) is 23.3. The lowest BCUT2D eigenvalue weighted by molar-refractivity contribution is -0.384. The molecular formula is C22H22F3N5O4. The Morgan fingerprint density at radius 1 is 1.03 bits per heavy atom. The zero-order valence-corrected chi connectivity index (χ0v) is 18.3. The third-order valence-electron chi connectivity index (χ3n) is 6.00. The van der Waals surface area contributed by atoms with Crippen LogP contribution in [0, 0.1) is 17.0 Å². The Bertz CT molecular complexity index is 1150. The Balaban J connectivity index is 1.46. The maximum absolute atomic E-state index is 13.0. The second-order valence-electron chi connectivity index (χ2n) is 8.12. The molecule has 0 unspecified atom stereocenters. The van der Waals surface area contributed by atoms with Gasteiger partial charge in [0.1, 0.15) is 5.69 Å². The van der Waals surface area contributed by atoms with E-state index < -0.39 is 22.4 Å². The molecule has 0 saturated carbocycles. The maximum atomic E-state index is 13.0. The quantitative estimate of drug-likeness (QED) is 0.538. The number of nitro benzene ring substituents is 1. The van der Waals surface area contributed by atoms with Gasteiger partial charge in [-0.2, -0.15) is 13.2 Å². The summed E-state index contributed by atoms with van der Waals surface area (Å²) in [6, 6.07) is 7.39. The lowest BCUT2D eigenvalue weighted by Gasteiger charge is -2.36. The lowest BCUT2D eigenvalue weighted by atomic mass is 10.1. The summed E-state index contributed by atoms with van der Waals surface area (Å²) in [5.41, 5.74) is 0.352. The molecule has 0 aliphatic carbocycles. The van der Waals surface area contributed by atoms with Gasteiger partial charge in [0.05, 0.1) is 10.5 Å². The topological polar surface area (TPSA) is 99.0 Å². The van der Waals surface area contributed by atoms with Crippen LogP contribution in [-0.2, 0) is 6.18 Å². The molecule has 1 N–H and O–H groups in total. The number of alkyl halides is 3. The van der Waals surface area contributed by atoms with Crippen molar-refractivity contribution in [3.63, 3.8) is 0 Å². The van der Waals surface area contributed by atoms with Crippen LogP contribution >= 0.6 is 0 Å². The summed E-state index contributed by atoms with van der Waals surface area (Å²) in [7, 11) is 0. The Labute approximate surface area is 192 Å². The Morgan fingerprint density at radius 3 is 2.26 bits per heavy atom. The average Bonchev–Trinajstić information content (AvgIpc) is 3.23. The molecule has 2 aromatic carbocycles. The van der Waals surface area contributed by atoms with Crippen LogP contribution in [0.15, 0.2) is 36.4 Å². The van der Waals surface area contributed by atoms with Crippen molar-refractivity contribution >= 4 is 29.0 Å². The summed E-state index contributed by atoms with van der Waals surface area (Å²) in [5.74, 6) is -0.220. The number of carbonyl (C=O) groups excluding carboxylic acids is 2. The minimum Gasteiger partial charge on any atom is -0.362 e. The molecule has 4 rings (SSSR count). The Morgan fingerprint density at radius 2 is 1.71 bits per heavy atom. The molecule has 12 heteroatoms. The van der Waals surface area contributed by atoms with Crippen molar-refractivity contribution < 1.29 is 27.7 Å². The van der Waals surface area contributed by atoms with Gasteiger partial charge in [-0.05, 0) is 42.8 Å². The fourth-order valence-corrected chi connectivity index (χ4v) is 4.24. The van der Waals surface area contributed by atoms with Gasteiger partial charge in [-0.25, -0.2) is 4.79 Å². The van der Waals surface area contributed by atoms with E-state index in [2.05, 4.69) is 5.32 Å². The van der Waals surface area contributed by atoms with Crippen molar-refractivity contribution in [2.45, 2.75) is 13.1 Å². The van der Waals surface area contributed by atoms with Crippen molar-refractivity contribution in [2.75, 3.05) is 49.1 Å². The van der Waals surface area contributed by atoms with Crippen LogP contribution in [-0.4, -0.2) is 61.0 Å². The second kappa shape index (κ2) is 8.84. The zero-order valence-electron chi connectivity index (χ0n) is 18.3. The molecule has 0 aromatic heterocycles. The Hall–Kier alpha value is -3.83. The third-order valence-corrected chi connectivity index (χ3v) is 6.00. The monoisotopic (exact) mass is 477 g/mol. The number of aryl methyl sites for hydroxylation is 1. The highest BCUT2D eigenvalue weighted by Gasteiger charge is 2.34. The van der Waals surface area contributed by atoms with E-state index in [0.29, 0.717) is 24.7 Å². The molecule has 3 amide bonds. The van der Waals surface area contributed by atoms with E-state index in [1.807, 2.05) is 6.92 Å². The van der Waals surface area contributed by atoms with Gasteiger partial charge in [0.15, 0.2) is 0 Å². The maximum Gasteiger partial charge on any atom is 0.416 e. The summed E-state index contributed by atoms with van der Waals surface area (Å²) in [4.78, 5) is 40.3. The number of amides is 3. The van der Waals surface area contributed by atoms with Crippen LogP contribution in [0.3, 0.4) is 0 Å². The lowest BCUT2D eigenvalue weighted by Crippen LogP contribution is -2.49. The molecule has 0 bridgehead atoms. The van der Waals surface area contributed by atoms with Gasteiger partial charge in [0, 0.05) is 56.6 Å². The highest BCUT2D eigenvalue weighted by Crippen LogP contribution is 2.37. The van der Waals surface area contributed by atoms with Gasteiger partial charge >= 0.3 is 12.2 Å². The van der Waals surface area contributed by atoms with Gasteiger partial charge < -0.3 is 15.1 Å². The van der Waals surface area contributed by atoms with E-state index in [1.54, 1.807) is 32.9 Å². The molecule has 0 spiro atoms. The zero-order chi connectivity index (χ0) is 24.6. The molecule has 2 aromatic rings. The summed E-state index contributed by atoms with van der Waals surface area (Å²) < 4.78 is 38.9. The molecule has 2 heterocycles. The first-order valence-electron chi connectivity index (χ1n) is 10.6. The molecule has 34 heavy (non-hydrogen) atoms. The number of nitrogens with one attached hydrogen (secondary N) is 1. The number of piperazine rings is 1. The number of anilines is 2. The normalized spacial score (nSPS) is 16.6. The number of hydrogen-bond acceptors (Lipinski definition) is 5. The van der Waals surface area contributed by atoms with Crippen molar-refractivity contribution in [1.82, 2.24) is 10.2 Å². The summed E-state index contributed by atoms with van der Waals surface area (Å²) in [5, 5.41) is 14.1. The molecule has 2 aliphatic heterocycles. The molecule has 2 aliphatic rings. The fourth-order valence-electron chi connectivity index (χ4n) is 4.24. The van der Waals surface area contributed by atoms with Gasteiger partial charge in [0.25, 0.3) is 11.6 Å². The van der Waals surface area contributed by atoms with Crippen molar-refractivity contribution in [3.05, 3.63) is 63.2 Å². The molecule has 2 saturated heterocycles. The highest BCUT2D eigenvalue weighted by molar-refractivity contribution is 5.98.